The molecule has 0 unspecified atom stereocenters. The number of hydrogen-bond acceptors (Lipinski definition) is 3. The van der Waals surface area contributed by atoms with Crippen molar-refractivity contribution in [2.24, 2.45) is 0 Å². The Bertz CT molecular complexity index is 924. The Hall–Kier alpha value is -2.68. The summed E-state index contributed by atoms with van der Waals surface area (Å²) in [7, 11) is 1.65. The molecule has 3 heteroatoms. The summed E-state index contributed by atoms with van der Waals surface area (Å²) in [4.78, 5) is 0. The van der Waals surface area contributed by atoms with Crippen LogP contribution < -0.4 is 9.47 Å². The summed E-state index contributed by atoms with van der Waals surface area (Å²) in [6, 6.07) is 15.7. The zero-order chi connectivity index (χ0) is 16.9. The lowest BCUT2D eigenvalue weighted by atomic mass is 9.80. The largest absolute Gasteiger partial charge is 0.507 e. The molecule has 3 nitrogen and oxygen atoms in total. The summed E-state index contributed by atoms with van der Waals surface area (Å²) >= 11 is 0. The molecule has 1 N–H and O–H groups in total. The first-order valence-corrected chi connectivity index (χ1v) is 8.08. The normalized spacial score (nSPS) is 15.1. The molecular weight excluding hydrogens is 300 g/mol. The molecule has 1 aliphatic rings. The lowest BCUT2D eigenvalue weighted by Gasteiger charge is -2.21. The molecule has 3 aromatic carbocycles. The van der Waals surface area contributed by atoms with Crippen molar-refractivity contribution in [3.8, 4) is 28.4 Å². The van der Waals surface area contributed by atoms with Gasteiger partial charge in [-0.15, -0.1) is 0 Å². The van der Waals surface area contributed by atoms with Crippen molar-refractivity contribution in [2.45, 2.75) is 19.3 Å². The molecule has 0 atom stereocenters. The molecule has 0 spiro atoms. The lowest BCUT2D eigenvalue weighted by molar-refractivity contribution is 0.293. The zero-order valence-corrected chi connectivity index (χ0v) is 14.1. The van der Waals surface area contributed by atoms with E-state index in [1.54, 1.807) is 7.11 Å². The van der Waals surface area contributed by atoms with Crippen LogP contribution in [0.4, 0.5) is 0 Å². The van der Waals surface area contributed by atoms with Crippen LogP contribution >= 0.6 is 0 Å². The Balaban J connectivity index is 2.09. The van der Waals surface area contributed by atoms with E-state index in [-0.39, 0.29) is 5.41 Å². The second-order valence-corrected chi connectivity index (χ2v) is 6.87. The van der Waals surface area contributed by atoms with Crippen molar-refractivity contribution in [3.05, 3.63) is 54.1 Å². The van der Waals surface area contributed by atoms with Gasteiger partial charge in [0, 0.05) is 27.3 Å². The van der Waals surface area contributed by atoms with Gasteiger partial charge in [0.15, 0.2) is 0 Å². The van der Waals surface area contributed by atoms with Gasteiger partial charge >= 0.3 is 0 Å². The van der Waals surface area contributed by atoms with Crippen LogP contribution in [-0.2, 0) is 5.41 Å². The molecule has 3 aromatic rings. The van der Waals surface area contributed by atoms with E-state index in [9.17, 15) is 5.11 Å². The quantitative estimate of drug-likeness (QED) is 0.730. The first-order valence-electron chi connectivity index (χ1n) is 8.08. The molecule has 0 fully saturated rings. The average molecular weight is 320 g/mol. The molecule has 122 valence electrons. The van der Waals surface area contributed by atoms with Gasteiger partial charge in [-0.05, 0) is 17.7 Å². The van der Waals surface area contributed by atoms with Crippen molar-refractivity contribution in [1.29, 1.82) is 0 Å². The van der Waals surface area contributed by atoms with E-state index < -0.39 is 0 Å². The van der Waals surface area contributed by atoms with Gasteiger partial charge in [-0.1, -0.05) is 50.2 Å². The highest BCUT2D eigenvalue weighted by Gasteiger charge is 2.37. The zero-order valence-electron chi connectivity index (χ0n) is 14.1. The minimum absolute atomic E-state index is 0.161. The Kier molecular flexibility index (Phi) is 3.20. The number of fused-ring (bicyclic) bond motifs is 3. The maximum absolute atomic E-state index is 11.0. The van der Waals surface area contributed by atoms with E-state index in [2.05, 4.69) is 13.8 Å². The Morgan fingerprint density at radius 2 is 1.67 bits per heavy atom. The Morgan fingerprint density at radius 3 is 2.33 bits per heavy atom. The number of phenolic OH excluding ortho intramolecular Hbond substituents is 1. The number of methoxy groups -OCH3 is 1. The van der Waals surface area contributed by atoms with E-state index in [1.165, 1.54) is 0 Å². The number of ether oxygens (including phenoxy) is 2. The lowest BCUT2D eigenvalue weighted by Crippen LogP contribution is -2.19. The van der Waals surface area contributed by atoms with Crippen LogP contribution in [0.5, 0.6) is 17.2 Å². The third-order valence-electron chi connectivity index (χ3n) is 4.77. The summed E-state index contributed by atoms with van der Waals surface area (Å²) in [6.45, 7) is 4.92. The van der Waals surface area contributed by atoms with E-state index in [1.807, 2.05) is 48.5 Å². The molecule has 0 aromatic heterocycles. The first-order chi connectivity index (χ1) is 11.5. The van der Waals surface area contributed by atoms with Gasteiger partial charge < -0.3 is 14.6 Å². The van der Waals surface area contributed by atoms with E-state index in [0.29, 0.717) is 12.4 Å². The smallest absolute Gasteiger partial charge is 0.131 e. The van der Waals surface area contributed by atoms with Crippen LogP contribution in [0.1, 0.15) is 19.4 Å². The highest BCUT2D eigenvalue weighted by molar-refractivity contribution is 6.02. The van der Waals surface area contributed by atoms with Gasteiger partial charge in [0.2, 0.25) is 0 Å². The van der Waals surface area contributed by atoms with Crippen molar-refractivity contribution in [2.75, 3.05) is 13.7 Å². The second kappa shape index (κ2) is 5.17. The number of aromatic hydroxyl groups is 1. The Labute approximate surface area is 141 Å². The summed E-state index contributed by atoms with van der Waals surface area (Å²) in [6.07, 6.45) is 0. The van der Waals surface area contributed by atoms with Gasteiger partial charge in [0.05, 0.1) is 13.7 Å². The molecule has 1 heterocycles. The van der Waals surface area contributed by atoms with Crippen LogP contribution in [0.25, 0.3) is 21.9 Å². The number of benzene rings is 3. The SMILES string of the molecule is COc1ccc(-c2c3c(c4ccccc4c2O)OCC3(C)C)cc1. The van der Waals surface area contributed by atoms with Crippen LogP contribution in [0.15, 0.2) is 48.5 Å². The van der Waals surface area contributed by atoms with Crippen molar-refractivity contribution in [3.63, 3.8) is 0 Å². The van der Waals surface area contributed by atoms with Crippen molar-refractivity contribution >= 4 is 10.8 Å². The maximum atomic E-state index is 11.0. The average Bonchev–Trinajstić information content (AvgIpc) is 2.92. The maximum Gasteiger partial charge on any atom is 0.131 e. The third kappa shape index (κ3) is 2.04. The number of hydrogen-bond donors (Lipinski definition) is 1. The minimum atomic E-state index is -0.161. The van der Waals surface area contributed by atoms with E-state index in [4.69, 9.17) is 9.47 Å². The van der Waals surface area contributed by atoms with Gasteiger partial charge in [-0.25, -0.2) is 0 Å². The fourth-order valence-corrected chi connectivity index (χ4v) is 3.55. The molecule has 4 rings (SSSR count). The molecule has 0 aliphatic carbocycles. The first kappa shape index (κ1) is 14.9. The molecule has 24 heavy (non-hydrogen) atoms. The van der Waals surface area contributed by atoms with Crippen LogP contribution in [0.3, 0.4) is 0 Å². The minimum Gasteiger partial charge on any atom is -0.507 e. The van der Waals surface area contributed by atoms with Crippen LogP contribution in [0, 0.1) is 0 Å². The molecule has 0 bridgehead atoms. The van der Waals surface area contributed by atoms with Gasteiger partial charge in [0.1, 0.15) is 17.2 Å². The predicted octanol–water partition coefficient (Wildman–Crippen LogP) is 4.89. The highest BCUT2D eigenvalue weighted by atomic mass is 16.5. The summed E-state index contributed by atoms with van der Waals surface area (Å²) < 4.78 is 11.3. The van der Waals surface area contributed by atoms with Crippen LogP contribution in [0.2, 0.25) is 0 Å². The van der Waals surface area contributed by atoms with Crippen molar-refractivity contribution < 1.29 is 14.6 Å². The van der Waals surface area contributed by atoms with Gasteiger partial charge in [-0.3, -0.25) is 0 Å². The standard InChI is InChI=1S/C21H20O3/c1-21(2)12-24-20-16-7-5-4-6-15(16)19(22)17(18(20)21)13-8-10-14(23-3)11-9-13/h4-11,22H,12H2,1-3H3. The summed E-state index contributed by atoms with van der Waals surface area (Å²) in [5.41, 5.74) is 2.73. The molecular formula is C21H20O3. The molecule has 1 aliphatic heterocycles. The third-order valence-corrected chi connectivity index (χ3v) is 4.77. The number of rotatable bonds is 2. The van der Waals surface area contributed by atoms with E-state index in [0.717, 1.165) is 39.0 Å². The summed E-state index contributed by atoms with van der Waals surface area (Å²) in [5, 5.41) is 12.8. The fraction of sp³-hybridized carbons (Fsp3) is 0.238. The van der Waals surface area contributed by atoms with Crippen LogP contribution in [-0.4, -0.2) is 18.8 Å². The number of phenols is 1. The van der Waals surface area contributed by atoms with Gasteiger partial charge in [0.25, 0.3) is 0 Å². The summed E-state index contributed by atoms with van der Waals surface area (Å²) in [5.74, 6) is 2.00. The topological polar surface area (TPSA) is 38.7 Å². The monoisotopic (exact) mass is 320 g/mol. The second-order valence-electron chi connectivity index (χ2n) is 6.87. The Morgan fingerprint density at radius 1 is 1.00 bits per heavy atom. The van der Waals surface area contributed by atoms with Gasteiger partial charge in [-0.2, -0.15) is 0 Å². The molecule has 0 amide bonds. The molecule has 0 radical (unpaired) electrons. The van der Waals surface area contributed by atoms with E-state index >= 15 is 0 Å². The van der Waals surface area contributed by atoms with Crippen molar-refractivity contribution in [1.82, 2.24) is 0 Å². The fourth-order valence-electron chi connectivity index (χ4n) is 3.55. The highest BCUT2D eigenvalue weighted by Crippen LogP contribution is 2.53. The molecule has 0 saturated carbocycles. The predicted molar refractivity (Wildman–Crippen MR) is 96.1 cm³/mol. The molecule has 0 saturated heterocycles.